The Morgan fingerprint density at radius 1 is 1.06 bits per heavy atom. The maximum atomic E-state index is 9.98. The zero-order chi connectivity index (χ0) is 12.5. The highest BCUT2D eigenvalue weighted by Crippen LogP contribution is 2.34. The summed E-state index contributed by atoms with van der Waals surface area (Å²) in [7, 11) is 0. The molecule has 2 rings (SSSR count). The van der Waals surface area contributed by atoms with Crippen molar-refractivity contribution in [1.29, 1.82) is 0 Å². The van der Waals surface area contributed by atoms with Crippen LogP contribution in [0.5, 0.6) is 0 Å². The smallest absolute Gasteiger partial charge is 0.0644 e. The van der Waals surface area contributed by atoms with Crippen LogP contribution in [-0.4, -0.2) is 34.7 Å². The van der Waals surface area contributed by atoms with Gasteiger partial charge in [0.15, 0.2) is 0 Å². The molecule has 0 atom stereocenters. The lowest BCUT2D eigenvalue weighted by Gasteiger charge is -2.43. The molecule has 0 amide bonds. The van der Waals surface area contributed by atoms with E-state index in [1.54, 1.807) is 0 Å². The first-order valence-corrected chi connectivity index (χ1v) is 7.44. The van der Waals surface area contributed by atoms with Crippen LogP contribution in [-0.2, 0) is 0 Å². The van der Waals surface area contributed by atoms with Crippen molar-refractivity contribution in [3.05, 3.63) is 0 Å². The average molecular weight is 239 g/mol. The molecule has 0 aromatic carbocycles. The van der Waals surface area contributed by atoms with Gasteiger partial charge >= 0.3 is 0 Å². The van der Waals surface area contributed by atoms with Crippen LogP contribution in [0.25, 0.3) is 0 Å². The van der Waals surface area contributed by atoms with E-state index in [-0.39, 0.29) is 0 Å². The van der Waals surface area contributed by atoms with Crippen LogP contribution in [0.15, 0.2) is 0 Å². The van der Waals surface area contributed by atoms with E-state index >= 15 is 0 Å². The van der Waals surface area contributed by atoms with Crippen LogP contribution in [0, 0.1) is 11.8 Å². The van der Waals surface area contributed by atoms with E-state index in [1.165, 1.54) is 25.7 Å². The molecule has 1 aliphatic carbocycles. The third kappa shape index (κ3) is 3.45. The van der Waals surface area contributed by atoms with Gasteiger partial charge in [0.05, 0.1) is 5.60 Å². The normalized spacial score (nSPS) is 35.1. The molecule has 0 bridgehead atoms. The molecular formula is C15H29NO. The zero-order valence-corrected chi connectivity index (χ0v) is 11.8. The summed E-state index contributed by atoms with van der Waals surface area (Å²) in [6, 6.07) is 0.807. The summed E-state index contributed by atoms with van der Waals surface area (Å²) in [6.45, 7) is 8.92. The van der Waals surface area contributed by atoms with Crippen LogP contribution < -0.4 is 0 Å². The molecule has 0 aromatic heterocycles. The van der Waals surface area contributed by atoms with Crippen LogP contribution >= 0.6 is 0 Å². The molecular weight excluding hydrogens is 210 g/mol. The molecule has 0 unspecified atom stereocenters. The fraction of sp³-hybridized carbons (Fsp3) is 1.00. The largest absolute Gasteiger partial charge is 0.390 e. The van der Waals surface area contributed by atoms with E-state index in [0.29, 0.717) is 0 Å². The van der Waals surface area contributed by atoms with Gasteiger partial charge < -0.3 is 10.0 Å². The van der Waals surface area contributed by atoms with E-state index in [0.717, 1.165) is 43.8 Å². The SMILES string of the molecule is CC(C)C1CCC(N2CCC(C)(O)CC2)CC1. The molecule has 0 radical (unpaired) electrons. The van der Waals surface area contributed by atoms with Gasteiger partial charge in [-0.3, -0.25) is 0 Å². The van der Waals surface area contributed by atoms with E-state index < -0.39 is 5.60 Å². The second-order valence-electron chi connectivity index (χ2n) is 6.85. The number of aliphatic hydroxyl groups is 1. The molecule has 0 aromatic rings. The molecule has 2 aliphatic rings. The van der Waals surface area contributed by atoms with Crippen molar-refractivity contribution < 1.29 is 5.11 Å². The highest BCUT2D eigenvalue weighted by molar-refractivity contribution is 4.87. The van der Waals surface area contributed by atoms with Gasteiger partial charge in [0.25, 0.3) is 0 Å². The second-order valence-corrected chi connectivity index (χ2v) is 6.85. The Labute approximate surface area is 106 Å². The van der Waals surface area contributed by atoms with Gasteiger partial charge in [0.2, 0.25) is 0 Å². The summed E-state index contributed by atoms with van der Waals surface area (Å²) in [4.78, 5) is 2.63. The fourth-order valence-electron chi connectivity index (χ4n) is 3.50. The van der Waals surface area contributed by atoms with Crippen molar-refractivity contribution >= 4 is 0 Å². The molecule has 1 saturated heterocycles. The molecule has 2 heteroatoms. The molecule has 2 fully saturated rings. The molecule has 0 spiro atoms. The van der Waals surface area contributed by atoms with Gasteiger partial charge in [-0.2, -0.15) is 0 Å². The molecule has 1 saturated carbocycles. The van der Waals surface area contributed by atoms with Crippen LogP contribution in [0.2, 0.25) is 0 Å². The van der Waals surface area contributed by atoms with Gasteiger partial charge in [-0.1, -0.05) is 13.8 Å². The quantitative estimate of drug-likeness (QED) is 0.800. The zero-order valence-electron chi connectivity index (χ0n) is 11.8. The molecule has 100 valence electrons. The highest BCUT2D eigenvalue weighted by Gasteiger charge is 2.33. The second kappa shape index (κ2) is 5.27. The number of piperidine rings is 1. The van der Waals surface area contributed by atoms with E-state index in [4.69, 9.17) is 0 Å². The number of rotatable bonds is 2. The number of hydrogen-bond acceptors (Lipinski definition) is 2. The standard InChI is InChI=1S/C15H29NO/c1-12(2)13-4-6-14(7-5-13)16-10-8-15(3,17)9-11-16/h12-14,17H,4-11H2,1-3H3. The lowest BCUT2D eigenvalue weighted by atomic mass is 9.78. The molecule has 17 heavy (non-hydrogen) atoms. The minimum absolute atomic E-state index is 0.397. The predicted octanol–water partition coefficient (Wildman–Crippen LogP) is 3.05. The first-order chi connectivity index (χ1) is 7.98. The predicted molar refractivity (Wildman–Crippen MR) is 72.0 cm³/mol. The van der Waals surface area contributed by atoms with E-state index in [9.17, 15) is 5.11 Å². The summed E-state index contributed by atoms with van der Waals surface area (Å²) in [5.74, 6) is 1.82. The topological polar surface area (TPSA) is 23.5 Å². The van der Waals surface area contributed by atoms with Crippen molar-refractivity contribution in [3.8, 4) is 0 Å². The summed E-state index contributed by atoms with van der Waals surface area (Å²) < 4.78 is 0. The van der Waals surface area contributed by atoms with Crippen molar-refractivity contribution in [2.45, 2.75) is 70.9 Å². The van der Waals surface area contributed by atoms with Crippen molar-refractivity contribution in [2.24, 2.45) is 11.8 Å². The first kappa shape index (κ1) is 13.4. The minimum Gasteiger partial charge on any atom is -0.390 e. The molecule has 1 N–H and O–H groups in total. The van der Waals surface area contributed by atoms with Crippen LogP contribution in [0.4, 0.5) is 0 Å². The average Bonchev–Trinajstić information content (AvgIpc) is 2.29. The number of likely N-dealkylation sites (tertiary alicyclic amines) is 1. The van der Waals surface area contributed by atoms with Gasteiger partial charge in [-0.15, -0.1) is 0 Å². The van der Waals surface area contributed by atoms with Crippen molar-refractivity contribution in [2.75, 3.05) is 13.1 Å². The van der Waals surface area contributed by atoms with E-state index in [2.05, 4.69) is 18.7 Å². The van der Waals surface area contributed by atoms with Gasteiger partial charge in [-0.05, 0) is 57.3 Å². The Morgan fingerprint density at radius 2 is 1.59 bits per heavy atom. The third-order valence-electron chi connectivity index (χ3n) is 5.08. The summed E-state index contributed by atoms with van der Waals surface area (Å²) in [6.07, 6.45) is 7.49. The van der Waals surface area contributed by atoms with Gasteiger partial charge in [0.1, 0.15) is 0 Å². The van der Waals surface area contributed by atoms with Crippen LogP contribution in [0.3, 0.4) is 0 Å². The minimum atomic E-state index is -0.397. The Hall–Kier alpha value is -0.0800. The lowest BCUT2D eigenvalue weighted by Crippen LogP contribution is -2.48. The Bertz CT molecular complexity index is 231. The van der Waals surface area contributed by atoms with Crippen LogP contribution in [0.1, 0.15) is 59.3 Å². The third-order valence-corrected chi connectivity index (χ3v) is 5.08. The van der Waals surface area contributed by atoms with Gasteiger partial charge in [-0.25, -0.2) is 0 Å². The molecule has 1 heterocycles. The maximum absolute atomic E-state index is 9.98. The lowest BCUT2D eigenvalue weighted by molar-refractivity contribution is -0.0235. The summed E-state index contributed by atoms with van der Waals surface area (Å²) >= 11 is 0. The summed E-state index contributed by atoms with van der Waals surface area (Å²) in [5.41, 5.74) is -0.397. The van der Waals surface area contributed by atoms with Crippen molar-refractivity contribution in [1.82, 2.24) is 4.90 Å². The highest BCUT2D eigenvalue weighted by atomic mass is 16.3. The van der Waals surface area contributed by atoms with Gasteiger partial charge in [0, 0.05) is 19.1 Å². The first-order valence-electron chi connectivity index (χ1n) is 7.44. The fourth-order valence-corrected chi connectivity index (χ4v) is 3.50. The Balaban J connectivity index is 1.78. The maximum Gasteiger partial charge on any atom is 0.0644 e. The van der Waals surface area contributed by atoms with Crippen molar-refractivity contribution in [3.63, 3.8) is 0 Å². The van der Waals surface area contributed by atoms with E-state index in [1.807, 2.05) is 6.92 Å². The number of nitrogens with zero attached hydrogens (tertiary/aromatic N) is 1. The monoisotopic (exact) mass is 239 g/mol. The summed E-state index contributed by atoms with van der Waals surface area (Å²) in [5, 5.41) is 9.98. The Kier molecular flexibility index (Phi) is 4.14. The number of hydrogen-bond donors (Lipinski definition) is 1. The molecule has 2 nitrogen and oxygen atoms in total. The Morgan fingerprint density at radius 3 is 2.06 bits per heavy atom. The molecule has 1 aliphatic heterocycles.